The average Bonchev–Trinajstić information content (AvgIpc) is 3.33. The molecule has 4 aliphatic rings. The van der Waals surface area contributed by atoms with E-state index < -0.39 is 0 Å². The lowest BCUT2D eigenvalue weighted by molar-refractivity contribution is -0.128. The summed E-state index contributed by atoms with van der Waals surface area (Å²) in [6, 6.07) is 17.8. The Balaban J connectivity index is 1.20. The number of benzene rings is 2. The number of fused-ring (bicyclic) bond motifs is 5. The number of anilines is 1. The molecule has 2 amide bonds. The molecule has 0 aromatic heterocycles. The third kappa shape index (κ3) is 5.25. The van der Waals surface area contributed by atoms with Crippen molar-refractivity contribution in [2.75, 3.05) is 5.32 Å². The van der Waals surface area contributed by atoms with Gasteiger partial charge in [-0.25, -0.2) is 4.79 Å². The largest absolute Gasteiger partial charge is 0.331 e. The van der Waals surface area contributed by atoms with Crippen molar-refractivity contribution in [2.45, 2.75) is 88.8 Å². The summed E-state index contributed by atoms with van der Waals surface area (Å²) in [5.74, 6) is 2.42. The molecule has 3 fully saturated rings. The second-order valence-corrected chi connectivity index (χ2v) is 15.1. The molecular weight excluding hydrogens is 540 g/mol. The van der Waals surface area contributed by atoms with Gasteiger partial charge in [-0.3, -0.25) is 9.59 Å². The molecule has 5 nitrogen and oxygen atoms in total. The Morgan fingerprint density at radius 3 is 2.40 bits per heavy atom. The van der Waals surface area contributed by atoms with E-state index in [1.54, 1.807) is 6.92 Å². The van der Waals surface area contributed by atoms with E-state index in [-0.39, 0.29) is 34.6 Å². The Kier molecular flexibility index (Phi) is 7.88. The first-order valence-corrected chi connectivity index (χ1v) is 16.6. The molecule has 42 heavy (non-hydrogen) atoms. The van der Waals surface area contributed by atoms with Gasteiger partial charge in [0.05, 0.1) is 6.04 Å². The van der Waals surface area contributed by atoms with E-state index >= 15 is 0 Å². The molecule has 2 N–H and O–H groups in total. The number of ketones is 2. The van der Waals surface area contributed by atoms with E-state index in [1.807, 2.05) is 67.2 Å². The van der Waals surface area contributed by atoms with Crippen LogP contribution in [0.3, 0.4) is 0 Å². The fraction of sp³-hybridized carbons (Fsp3) is 0.528. The zero-order valence-electron chi connectivity index (χ0n) is 25.3. The number of allylic oxidation sites excluding steroid dienone is 1. The van der Waals surface area contributed by atoms with Gasteiger partial charge in [0, 0.05) is 28.2 Å². The number of hydrogen-bond acceptors (Lipinski definition) is 4. The van der Waals surface area contributed by atoms with Crippen LogP contribution in [0.25, 0.3) is 0 Å². The molecule has 6 rings (SSSR count). The van der Waals surface area contributed by atoms with E-state index in [2.05, 4.69) is 36.6 Å². The molecule has 8 atom stereocenters. The summed E-state index contributed by atoms with van der Waals surface area (Å²) >= 11 is 1.93. The number of amides is 2. The monoisotopic (exact) mass is 584 g/mol. The minimum Gasteiger partial charge on any atom is -0.331 e. The third-order valence-electron chi connectivity index (χ3n) is 11.5. The first kappa shape index (κ1) is 29.2. The first-order valence-electron chi connectivity index (χ1n) is 15.7. The third-order valence-corrected chi connectivity index (χ3v) is 12.8. The second-order valence-electron chi connectivity index (χ2n) is 13.7. The summed E-state index contributed by atoms with van der Waals surface area (Å²) in [6.45, 7) is 8.60. The van der Waals surface area contributed by atoms with E-state index in [9.17, 15) is 14.4 Å². The number of Topliss-reactive ketones (excluding diaryl/α,β-unsaturated/α-hetero) is 1. The quantitative estimate of drug-likeness (QED) is 0.358. The van der Waals surface area contributed by atoms with Gasteiger partial charge >= 0.3 is 6.03 Å². The second kappa shape index (κ2) is 11.3. The maximum Gasteiger partial charge on any atom is 0.319 e. The van der Waals surface area contributed by atoms with Crippen LogP contribution in [0.5, 0.6) is 0 Å². The lowest BCUT2D eigenvalue weighted by atomic mass is 9.46. The minimum absolute atomic E-state index is 0.0753. The molecule has 0 bridgehead atoms. The van der Waals surface area contributed by atoms with Crippen molar-refractivity contribution < 1.29 is 14.4 Å². The van der Waals surface area contributed by atoms with Gasteiger partial charge < -0.3 is 10.6 Å². The average molecular weight is 585 g/mol. The highest BCUT2D eigenvalue weighted by atomic mass is 32.2. The van der Waals surface area contributed by atoms with Gasteiger partial charge in [0.25, 0.3) is 0 Å². The summed E-state index contributed by atoms with van der Waals surface area (Å²) in [6.07, 6.45) is 8.93. The summed E-state index contributed by atoms with van der Waals surface area (Å²) in [5, 5.41) is 6.36. The van der Waals surface area contributed by atoms with Gasteiger partial charge in [0.15, 0.2) is 5.78 Å². The van der Waals surface area contributed by atoms with Crippen molar-refractivity contribution in [1.29, 1.82) is 0 Å². The zero-order chi connectivity index (χ0) is 29.6. The number of hydrogen-bond donors (Lipinski definition) is 2. The van der Waals surface area contributed by atoms with E-state index in [1.165, 1.54) is 10.5 Å². The van der Waals surface area contributed by atoms with Crippen molar-refractivity contribution in [3.05, 3.63) is 71.8 Å². The highest BCUT2D eigenvalue weighted by molar-refractivity contribution is 8.00. The number of nitrogens with one attached hydrogen (secondary N) is 2. The number of carbonyl (C=O) groups excluding carboxylic acids is 3. The highest BCUT2D eigenvalue weighted by Gasteiger charge is 2.62. The van der Waals surface area contributed by atoms with E-state index in [0.717, 1.165) is 49.8 Å². The maximum absolute atomic E-state index is 12.7. The lowest BCUT2D eigenvalue weighted by Gasteiger charge is -2.60. The summed E-state index contributed by atoms with van der Waals surface area (Å²) in [4.78, 5) is 39.1. The predicted molar refractivity (Wildman–Crippen MR) is 169 cm³/mol. The standard InChI is InChI=1S/C36H44N2O3S/c1-22(24-8-6-5-7-9-24)37-34(41)38-26-10-12-28(13-11-26)42-32-21-25-20-27(40)16-18-35(25,3)31-17-19-36(4)29(23(2)39)14-15-30(36)33(31)32/h5-13,20,22,29-33H,14-19,21H2,1-4H3,(H2,37,38,41)/t22-,29?,30+,31+,32-,33+,35+,36-/m1/s1. The Hall–Kier alpha value is -2.86. The van der Waals surface area contributed by atoms with Gasteiger partial charge in [-0.2, -0.15) is 0 Å². The van der Waals surface area contributed by atoms with E-state index in [0.29, 0.717) is 35.2 Å². The van der Waals surface area contributed by atoms with Crippen LogP contribution < -0.4 is 10.6 Å². The molecule has 0 heterocycles. The highest BCUT2D eigenvalue weighted by Crippen LogP contribution is 2.68. The fourth-order valence-electron chi connectivity index (χ4n) is 9.27. The molecule has 0 spiro atoms. The van der Waals surface area contributed by atoms with Crippen LogP contribution in [0.4, 0.5) is 10.5 Å². The molecule has 0 aliphatic heterocycles. The zero-order valence-corrected chi connectivity index (χ0v) is 26.1. The van der Waals surface area contributed by atoms with Gasteiger partial charge in [0.2, 0.25) is 0 Å². The molecule has 2 aromatic carbocycles. The first-order chi connectivity index (χ1) is 20.1. The Labute approximate surface area is 254 Å². The fourth-order valence-corrected chi connectivity index (χ4v) is 10.7. The smallest absolute Gasteiger partial charge is 0.319 e. The van der Waals surface area contributed by atoms with Crippen LogP contribution in [0.2, 0.25) is 0 Å². The molecule has 6 heteroatoms. The molecule has 1 unspecified atom stereocenters. The van der Waals surface area contributed by atoms with Crippen LogP contribution in [0.1, 0.15) is 84.2 Å². The molecule has 0 saturated heterocycles. The number of urea groups is 1. The van der Waals surface area contributed by atoms with Crippen molar-refractivity contribution in [2.24, 2.45) is 34.5 Å². The normalized spacial score (nSPS) is 34.3. The Morgan fingerprint density at radius 2 is 1.69 bits per heavy atom. The number of thioether (sulfide) groups is 1. The lowest BCUT2D eigenvalue weighted by Crippen LogP contribution is -2.55. The van der Waals surface area contributed by atoms with Crippen LogP contribution >= 0.6 is 11.8 Å². The van der Waals surface area contributed by atoms with Crippen molar-refractivity contribution in [3.8, 4) is 0 Å². The van der Waals surface area contributed by atoms with E-state index in [4.69, 9.17) is 0 Å². The van der Waals surface area contributed by atoms with Crippen molar-refractivity contribution in [3.63, 3.8) is 0 Å². The SMILES string of the molecule is CC(=O)C1CC[C@H]2[C@@H]3[C@H](Sc4ccc(NC(=O)N[C@H](C)c5ccccc5)cc4)CC4=CC(=O)CC[C@]4(C)[C@H]3CC[C@]12C. The molecular formula is C36H44N2O3S. The Morgan fingerprint density at radius 1 is 0.952 bits per heavy atom. The van der Waals surface area contributed by atoms with Gasteiger partial charge in [-0.15, -0.1) is 11.8 Å². The number of carbonyl (C=O) groups is 3. The summed E-state index contributed by atoms with van der Waals surface area (Å²) in [7, 11) is 0. The number of rotatable bonds is 6. The Bertz CT molecular complexity index is 1390. The maximum atomic E-state index is 12.7. The van der Waals surface area contributed by atoms with Gasteiger partial charge in [0.1, 0.15) is 5.78 Å². The topological polar surface area (TPSA) is 75.3 Å². The molecule has 222 valence electrons. The molecule has 4 aliphatic carbocycles. The summed E-state index contributed by atoms with van der Waals surface area (Å²) in [5.41, 5.74) is 3.34. The molecule has 0 radical (unpaired) electrons. The predicted octanol–water partition coefficient (Wildman–Crippen LogP) is 8.38. The van der Waals surface area contributed by atoms with Crippen LogP contribution in [-0.2, 0) is 9.59 Å². The molecule has 3 saturated carbocycles. The summed E-state index contributed by atoms with van der Waals surface area (Å²) < 4.78 is 0. The molecule has 2 aromatic rings. The minimum atomic E-state index is -0.224. The van der Waals surface area contributed by atoms with Crippen LogP contribution in [-0.4, -0.2) is 22.8 Å². The van der Waals surface area contributed by atoms with Gasteiger partial charge in [-0.1, -0.05) is 49.8 Å². The van der Waals surface area contributed by atoms with Crippen molar-refractivity contribution >= 4 is 35.0 Å². The van der Waals surface area contributed by atoms with Crippen LogP contribution in [0.15, 0.2) is 71.1 Å². The van der Waals surface area contributed by atoms with Crippen molar-refractivity contribution in [1.82, 2.24) is 5.32 Å². The van der Waals surface area contributed by atoms with Gasteiger partial charge in [-0.05, 0) is 117 Å². The van der Waals surface area contributed by atoms with Crippen LogP contribution in [0, 0.1) is 34.5 Å².